The molecule has 0 aliphatic heterocycles. The van der Waals surface area contributed by atoms with Crippen molar-refractivity contribution in [2.45, 2.75) is 25.3 Å². The van der Waals surface area contributed by atoms with Crippen LogP contribution in [0.3, 0.4) is 0 Å². The van der Waals surface area contributed by atoms with Gasteiger partial charge < -0.3 is 10.3 Å². The number of hydrogen-bond donors (Lipinski definition) is 2. The topological polar surface area (TPSA) is 57.8 Å². The van der Waals surface area contributed by atoms with Crippen LogP contribution in [0.25, 0.3) is 0 Å². The van der Waals surface area contributed by atoms with Gasteiger partial charge in [-0.3, -0.25) is 9.78 Å². The van der Waals surface area contributed by atoms with Gasteiger partial charge in [-0.05, 0) is 43.0 Å². The lowest BCUT2D eigenvalue weighted by Crippen LogP contribution is -2.21. The second kappa shape index (κ2) is 4.64. The van der Waals surface area contributed by atoms with E-state index < -0.39 is 0 Å². The SMILES string of the molecule is O=c1ccc2c([nH]1)CCCC2Nc1cccnc1. The molecule has 1 aliphatic rings. The molecule has 18 heavy (non-hydrogen) atoms. The van der Waals surface area contributed by atoms with E-state index in [9.17, 15) is 4.79 Å². The van der Waals surface area contributed by atoms with Crippen LogP contribution in [0.4, 0.5) is 5.69 Å². The number of pyridine rings is 2. The standard InChI is InChI=1S/C14H15N3O/c18-14-7-6-11-12(4-1-5-13(11)17-14)16-10-3-2-8-15-9-10/h2-3,6-9,12,16H,1,4-5H2,(H,17,18). The number of nitrogens with one attached hydrogen (secondary N) is 2. The third-order valence-corrected chi connectivity index (χ3v) is 3.33. The lowest BCUT2D eigenvalue weighted by Gasteiger charge is -2.26. The molecule has 0 amide bonds. The molecule has 4 nitrogen and oxygen atoms in total. The summed E-state index contributed by atoms with van der Waals surface area (Å²) in [4.78, 5) is 18.4. The van der Waals surface area contributed by atoms with Crippen LogP contribution in [0.1, 0.15) is 30.1 Å². The van der Waals surface area contributed by atoms with E-state index in [0.29, 0.717) is 0 Å². The lowest BCUT2D eigenvalue weighted by molar-refractivity contribution is 0.586. The lowest BCUT2D eigenvalue weighted by atomic mass is 9.91. The summed E-state index contributed by atoms with van der Waals surface area (Å²) < 4.78 is 0. The molecule has 1 aliphatic carbocycles. The summed E-state index contributed by atoms with van der Waals surface area (Å²) in [5.74, 6) is 0. The highest BCUT2D eigenvalue weighted by Gasteiger charge is 2.20. The van der Waals surface area contributed by atoms with Gasteiger partial charge in [0.25, 0.3) is 0 Å². The molecule has 2 aromatic heterocycles. The highest BCUT2D eigenvalue weighted by Crippen LogP contribution is 2.30. The smallest absolute Gasteiger partial charge is 0.248 e. The van der Waals surface area contributed by atoms with Crippen molar-refractivity contribution >= 4 is 5.69 Å². The van der Waals surface area contributed by atoms with E-state index in [1.165, 1.54) is 5.56 Å². The summed E-state index contributed by atoms with van der Waals surface area (Å²) in [6.45, 7) is 0. The number of aryl methyl sites for hydroxylation is 1. The first-order chi connectivity index (χ1) is 8.83. The summed E-state index contributed by atoms with van der Waals surface area (Å²) in [5, 5.41) is 3.47. The Balaban J connectivity index is 1.90. The zero-order valence-corrected chi connectivity index (χ0v) is 10.0. The number of aromatic nitrogens is 2. The van der Waals surface area contributed by atoms with Gasteiger partial charge in [0.2, 0.25) is 5.56 Å². The Hall–Kier alpha value is -2.10. The summed E-state index contributed by atoms with van der Waals surface area (Å²) in [5.41, 5.74) is 3.26. The van der Waals surface area contributed by atoms with Crippen molar-refractivity contribution in [1.29, 1.82) is 0 Å². The maximum absolute atomic E-state index is 11.3. The predicted molar refractivity (Wildman–Crippen MR) is 70.6 cm³/mol. The summed E-state index contributed by atoms with van der Waals surface area (Å²) >= 11 is 0. The van der Waals surface area contributed by atoms with Gasteiger partial charge >= 0.3 is 0 Å². The molecule has 0 aromatic carbocycles. The molecule has 3 rings (SSSR count). The van der Waals surface area contributed by atoms with Crippen molar-refractivity contribution in [3.63, 3.8) is 0 Å². The number of rotatable bonds is 2. The molecule has 2 aromatic rings. The Morgan fingerprint density at radius 2 is 2.28 bits per heavy atom. The molecule has 0 saturated carbocycles. The van der Waals surface area contributed by atoms with Crippen molar-refractivity contribution in [2.24, 2.45) is 0 Å². The Kier molecular flexibility index (Phi) is 2.84. The second-order valence-electron chi connectivity index (χ2n) is 4.59. The number of H-pyrrole nitrogens is 1. The number of aromatic amines is 1. The first-order valence-corrected chi connectivity index (χ1v) is 6.21. The van der Waals surface area contributed by atoms with Gasteiger partial charge in [0.1, 0.15) is 0 Å². The number of anilines is 1. The van der Waals surface area contributed by atoms with E-state index in [1.807, 2.05) is 24.4 Å². The van der Waals surface area contributed by atoms with Crippen molar-refractivity contribution in [3.05, 3.63) is 58.3 Å². The first-order valence-electron chi connectivity index (χ1n) is 6.21. The van der Waals surface area contributed by atoms with Crippen LogP contribution in [0.5, 0.6) is 0 Å². The van der Waals surface area contributed by atoms with Gasteiger partial charge in [0, 0.05) is 24.2 Å². The fourth-order valence-corrected chi connectivity index (χ4v) is 2.50. The third kappa shape index (κ3) is 2.14. The molecule has 92 valence electrons. The van der Waals surface area contributed by atoms with E-state index in [-0.39, 0.29) is 11.6 Å². The van der Waals surface area contributed by atoms with Crippen LogP contribution in [0.2, 0.25) is 0 Å². The number of hydrogen-bond acceptors (Lipinski definition) is 3. The highest BCUT2D eigenvalue weighted by atomic mass is 16.1. The molecule has 4 heteroatoms. The second-order valence-corrected chi connectivity index (χ2v) is 4.59. The molecule has 2 N–H and O–H groups in total. The monoisotopic (exact) mass is 241 g/mol. The van der Waals surface area contributed by atoms with E-state index in [2.05, 4.69) is 15.3 Å². The van der Waals surface area contributed by atoms with E-state index in [4.69, 9.17) is 0 Å². The Labute approximate surface area is 105 Å². The Morgan fingerprint density at radius 3 is 3.11 bits per heavy atom. The maximum Gasteiger partial charge on any atom is 0.248 e. The third-order valence-electron chi connectivity index (χ3n) is 3.33. The van der Waals surface area contributed by atoms with E-state index in [1.54, 1.807) is 12.3 Å². The Morgan fingerprint density at radius 1 is 1.33 bits per heavy atom. The van der Waals surface area contributed by atoms with Crippen molar-refractivity contribution in [1.82, 2.24) is 9.97 Å². The van der Waals surface area contributed by atoms with Gasteiger partial charge in [-0.25, -0.2) is 0 Å². The van der Waals surface area contributed by atoms with Gasteiger partial charge in [-0.2, -0.15) is 0 Å². The molecule has 0 spiro atoms. The zero-order chi connectivity index (χ0) is 12.4. The highest BCUT2D eigenvalue weighted by molar-refractivity contribution is 5.44. The van der Waals surface area contributed by atoms with Gasteiger partial charge in [-0.15, -0.1) is 0 Å². The predicted octanol–water partition coefficient (Wildman–Crippen LogP) is 2.26. The van der Waals surface area contributed by atoms with Gasteiger partial charge in [0.05, 0.1) is 11.7 Å². The van der Waals surface area contributed by atoms with Crippen LogP contribution >= 0.6 is 0 Å². The molecule has 1 atom stereocenters. The maximum atomic E-state index is 11.3. The summed E-state index contributed by atoms with van der Waals surface area (Å²) in [7, 11) is 0. The minimum atomic E-state index is -0.0178. The quantitative estimate of drug-likeness (QED) is 0.848. The first kappa shape index (κ1) is 11.0. The van der Waals surface area contributed by atoms with Crippen molar-refractivity contribution in [2.75, 3.05) is 5.32 Å². The van der Waals surface area contributed by atoms with Crippen molar-refractivity contribution in [3.8, 4) is 0 Å². The van der Waals surface area contributed by atoms with Crippen LogP contribution in [-0.2, 0) is 6.42 Å². The average Bonchev–Trinajstić information content (AvgIpc) is 2.40. The minimum absolute atomic E-state index is 0.0178. The van der Waals surface area contributed by atoms with Crippen LogP contribution in [0, 0.1) is 0 Å². The molecule has 0 radical (unpaired) electrons. The van der Waals surface area contributed by atoms with E-state index in [0.717, 1.165) is 30.6 Å². The molecule has 1 unspecified atom stereocenters. The fourth-order valence-electron chi connectivity index (χ4n) is 2.50. The molecule has 0 bridgehead atoms. The fraction of sp³-hybridized carbons (Fsp3) is 0.286. The average molecular weight is 241 g/mol. The zero-order valence-electron chi connectivity index (χ0n) is 10.0. The van der Waals surface area contributed by atoms with Crippen LogP contribution in [0.15, 0.2) is 41.5 Å². The Bertz CT molecular complexity index is 591. The molecular weight excluding hydrogens is 226 g/mol. The van der Waals surface area contributed by atoms with Gasteiger partial charge in [0.15, 0.2) is 0 Å². The number of fused-ring (bicyclic) bond motifs is 1. The normalized spacial score (nSPS) is 18.1. The van der Waals surface area contributed by atoms with Crippen LogP contribution in [-0.4, -0.2) is 9.97 Å². The van der Waals surface area contributed by atoms with Gasteiger partial charge in [-0.1, -0.05) is 0 Å². The number of nitrogens with zero attached hydrogens (tertiary/aromatic N) is 1. The van der Waals surface area contributed by atoms with E-state index >= 15 is 0 Å². The minimum Gasteiger partial charge on any atom is -0.377 e. The molecular formula is C14H15N3O. The largest absolute Gasteiger partial charge is 0.377 e. The van der Waals surface area contributed by atoms with Crippen molar-refractivity contribution < 1.29 is 0 Å². The summed E-state index contributed by atoms with van der Waals surface area (Å²) in [6.07, 6.45) is 6.70. The molecule has 0 saturated heterocycles. The molecule has 2 heterocycles. The summed E-state index contributed by atoms with van der Waals surface area (Å²) in [6, 6.07) is 7.71. The van der Waals surface area contributed by atoms with Crippen LogP contribution < -0.4 is 10.9 Å². The molecule has 0 fully saturated rings.